The lowest BCUT2D eigenvalue weighted by atomic mass is 10.1. The molecule has 0 radical (unpaired) electrons. The first kappa shape index (κ1) is 21.0. The lowest BCUT2D eigenvalue weighted by Gasteiger charge is -2.11. The van der Waals surface area contributed by atoms with Crippen LogP contribution in [0.4, 0.5) is 0 Å². The first-order chi connectivity index (χ1) is 13.4. The molecule has 2 aromatic rings. The molecular weight excluding hydrogens is 382 g/mol. The van der Waals surface area contributed by atoms with E-state index in [2.05, 4.69) is 0 Å². The normalized spacial score (nSPS) is 11.5. The number of ketones is 1. The molecule has 0 unspecified atom stereocenters. The third-order valence-corrected chi connectivity index (χ3v) is 3.93. The van der Waals surface area contributed by atoms with Crippen molar-refractivity contribution in [2.75, 3.05) is 13.7 Å². The molecule has 0 aliphatic heterocycles. The van der Waals surface area contributed by atoms with E-state index >= 15 is 0 Å². The highest BCUT2D eigenvalue weighted by molar-refractivity contribution is 6.30. The molecular formula is C21H18ClNO5. The highest BCUT2D eigenvalue weighted by atomic mass is 35.5. The Hall–Kier alpha value is -3.30. The number of hydrogen-bond acceptors (Lipinski definition) is 6. The maximum absolute atomic E-state index is 12.3. The fraction of sp³-hybridized carbons (Fsp3) is 0.190. The van der Waals surface area contributed by atoms with Crippen LogP contribution in [-0.2, 0) is 9.53 Å². The Morgan fingerprint density at radius 3 is 2.54 bits per heavy atom. The van der Waals surface area contributed by atoms with Crippen LogP contribution in [0.2, 0.25) is 5.02 Å². The fourth-order valence-electron chi connectivity index (χ4n) is 2.30. The Labute approximate surface area is 167 Å². The molecule has 2 aromatic carbocycles. The van der Waals surface area contributed by atoms with Crippen LogP contribution >= 0.6 is 11.6 Å². The van der Waals surface area contributed by atoms with E-state index in [4.69, 9.17) is 31.1 Å². The van der Waals surface area contributed by atoms with Gasteiger partial charge in [-0.2, -0.15) is 5.26 Å². The zero-order valence-electron chi connectivity index (χ0n) is 15.3. The molecule has 1 atom stereocenters. The van der Waals surface area contributed by atoms with Crippen molar-refractivity contribution in [2.45, 2.75) is 13.0 Å². The van der Waals surface area contributed by atoms with Gasteiger partial charge in [-0.1, -0.05) is 17.7 Å². The average molecular weight is 400 g/mol. The molecule has 28 heavy (non-hydrogen) atoms. The molecule has 0 bridgehead atoms. The summed E-state index contributed by atoms with van der Waals surface area (Å²) in [5.74, 6) is -0.124. The summed E-state index contributed by atoms with van der Waals surface area (Å²) in [6.45, 7) is 1.41. The van der Waals surface area contributed by atoms with Crippen LogP contribution in [0.3, 0.4) is 0 Å². The standard InChI is InChI=1S/C21H18ClNO5/c1-14(21(25)16-5-7-17(22)8-6-16)28-20(24)10-4-15-3-9-18(27-12-11-23)19(13-15)26-2/h3-10,13-14H,12H2,1-2H3/b10-4+/t14-/m1/s1. The number of rotatable bonds is 8. The Morgan fingerprint density at radius 1 is 1.18 bits per heavy atom. The van der Waals surface area contributed by atoms with Gasteiger partial charge in [0.1, 0.15) is 6.07 Å². The van der Waals surface area contributed by atoms with Gasteiger partial charge in [0.2, 0.25) is 5.78 Å². The molecule has 6 nitrogen and oxygen atoms in total. The second-order valence-electron chi connectivity index (χ2n) is 5.64. The number of hydrogen-bond donors (Lipinski definition) is 0. The largest absolute Gasteiger partial charge is 0.493 e. The monoisotopic (exact) mass is 399 g/mol. The number of methoxy groups -OCH3 is 1. The molecule has 0 fully saturated rings. The summed E-state index contributed by atoms with van der Waals surface area (Å²) in [7, 11) is 1.47. The highest BCUT2D eigenvalue weighted by Gasteiger charge is 2.18. The molecule has 0 spiro atoms. The van der Waals surface area contributed by atoms with E-state index in [1.54, 1.807) is 42.5 Å². The summed E-state index contributed by atoms with van der Waals surface area (Å²) in [6.07, 6.45) is 1.81. The second kappa shape index (κ2) is 10.1. The maximum Gasteiger partial charge on any atom is 0.331 e. The van der Waals surface area contributed by atoms with Gasteiger partial charge < -0.3 is 14.2 Å². The number of halogens is 1. The van der Waals surface area contributed by atoms with Gasteiger partial charge in [-0.25, -0.2) is 4.79 Å². The smallest absolute Gasteiger partial charge is 0.331 e. The van der Waals surface area contributed by atoms with Crippen LogP contribution in [0.1, 0.15) is 22.8 Å². The Morgan fingerprint density at radius 2 is 1.89 bits per heavy atom. The Bertz CT molecular complexity index is 915. The van der Waals surface area contributed by atoms with Crippen molar-refractivity contribution in [3.63, 3.8) is 0 Å². The van der Waals surface area contributed by atoms with Gasteiger partial charge in [-0.3, -0.25) is 4.79 Å². The van der Waals surface area contributed by atoms with Gasteiger partial charge in [0, 0.05) is 16.7 Å². The van der Waals surface area contributed by atoms with Crippen LogP contribution in [0, 0.1) is 11.3 Å². The number of carbonyl (C=O) groups excluding carboxylic acids is 2. The van der Waals surface area contributed by atoms with Crippen molar-refractivity contribution in [3.8, 4) is 17.6 Å². The summed E-state index contributed by atoms with van der Waals surface area (Å²) in [5, 5.41) is 9.10. The Balaban J connectivity index is 2.00. The summed E-state index contributed by atoms with van der Waals surface area (Å²) in [5.41, 5.74) is 1.07. The van der Waals surface area contributed by atoms with E-state index < -0.39 is 12.1 Å². The van der Waals surface area contributed by atoms with Gasteiger partial charge >= 0.3 is 5.97 Å². The summed E-state index contributed by atoms with van der Waals surface area (Å²) >= 11 is 5.80. The Kier molecular flexibility index (Phi) is 7.61. The molecule has 0 saturated heterocycles. The third kappa shape index (κ3) is 5.86. The number of carbonyl (C=O) groups is 2. The topological polar surface area (TPSA) is 85.6 Å². The van der Waals surface area contributed by atoms with Crippen molar-refractivity contribution in [1.82, 2.24) is 0 Å². The van der Waals surface area contributed by atoms with Crippen LogP contribution in [-0.4, -0.2) is 31.6 Å². The number of ether oxygens (including phenoxy) is 3. The zero-order chi connectivity index (χ0) is 20.5. The van der Waals surface area contributed by atoms with E-state index in [1.165, 1.54) is 26.2 Å². The van der Waals surface area contributed by atoms with Gasteiger partial charge in [0.05, 0.1) is 7.11 Å². The number of benzene rings is 2. The van der Waals surface area contributed by atoms with Crippen LogP contribution in [0.15, 0.2) is 48.5 Å². The van der Waals surface area contributed by atoms with E-state index in [0.29, 0.717) is 27.6 Å². The van der Waals surface area contributed by atoms with E-state index in [0.717, 1.165) is 0 Å². The van der Waals surface area contributed by atoms with E-state index in [-0.39, 0.29) is 12.4 Å². The summed E-state index contributed by atoms with van der Waals surface area (Å²) < 4.78 is 15.6. The van der Waals surface area contributed by atoms with Crippen molar-refractivity contribution in [1.29, 1.82) is 5.26 Å². The third-order valence-electron chi connectivity index (χ3n) is 3.68. The molecule has 0 amide bonds. The molecule has 0 N–H and O–H groups in total. The molecule has 2 rings (SSSR count). The first-order valence-corrected chi connectivity index (χ1v) is 8.68. The molecule has 144 valence electrons. The summed E-state index contributed by atoms with van der Waals surface area (Å²) in [4.78, 5) is 24.3. The van der Waals surface area contributed by atoms with Crippen molar-refractivity contribution >= 4 is 29.4 Å². The predicted octanol–water partition coefficient (Wildman–Crippen LogP) is 4.08. The number of nitrogens with zero attached hydrogens (tertiary/aromatic N) is 1. The van der Waals surface area contributed by atoms with Crippen molar-refractivity contribution < 1.29 is 23.8 Å². The van der Waals surface area contributed by atoms with E-state index in [9.17, 15) is 9.59 Å². The number of Topliss-reactive ketones (excluding diaryl/α,β-unsaturated/α-hetero) is 1. The number of nitriles is 1. The minimum absolute atomic E-state index is 0.0998. The van der Waals surface area contributed by atoms with E-state index in [1.807, 2.05) is 6.07 Å². The fourth-order valence-corrected chi connectivity index (χ4v) is 2.42. The molecule has 0 saturated carbocycles. The minimum Gasteiger partial charge on any atom is -0.493 e. The molecule has 7 heteroatoms. The van der Waals surface area contributed by atoms with Crippen LogP contribution in [0.25, 0.3) is 6.08 Å². The number of esters is 1. The lowest BCUT2D eigenvalue weighted by molar-refractivity contribution is -0.140. The molecule has 0 aliphatic carbocycles. The van der Waals surface area contributed by atoms with Crippen molar-refractivity contribution in [3.05, 3.63) is 64.7 Å². The minimum atomic E-state index is -0.936. The second-order valence-corrected chi connectivity index (χ2v) is 6.08. The SMILES string of the molecule is COc1cc(/C=C/C(=O)O[C@H](C)C(=O)c2ccc(Cl)cc2)ccc1OCC#N. The quantitative estimate of drug-likeness (QED) is 0.377. The van der Waals surface area contributed by atoms with Crippen LogP contribution < -0.4 is 9.47 Å². The van der Waals surface area contributed by atoms with Gasteiger partial charge in [-0.05, 0) is 55.0 Å². The van der Waals surface area contributed by atoms with Crippen LogP contribution in [0.5, 0.6) is 11.5 Å². The van der Waals surface area contributed by atoms with Gasteiger partial charge in [0.15, 0.2) is 24.2 Å². The van der Waals surface area contributed by atoms with Crippen molar-refractivity contribution in [2.24, 2.45) is 0 Å². The molecule has 0 heterocycles. The van der Waals surface area contributed by atoms with Gasteiger partial charge in [-0.15, -0.1) is 0 Å². The highest BCUT2D eigenvalue weighted by Crippen LogP contribution is 2.28. The summed E-state index contributed by atoms with van der Waals surface area (Å²) in [6, 6.07) is 13.2. The predicted molar refractivity (Wildman–Crippen MR) is 104 cm³/mol. The van der Waals surface area contributed by atoms with Gasteiger partial charge in [0.25, 0.3) is 0 Å². The zero-order valence-corrected chi connectivity index (χ0v) is 16.1. The lowest BCUT2D eigenvalue weighted by Crippen LogP contribution is -2.23. The maximum atomic E-state index is 12.3. The molecule has 0 aromatic heterocycles. The molecule has 0 aliphatic rings. The average Bonchev–Trinajstić information content (AvgIpc) is 2.70. The first-order valence-electron chi connectivity index (χ1n) is 8.31.